The summed E-state index contributed by atoms with van der Waals surface area (Å²) in [6.07, 6.45) is 1.85. The minimum absolute atomic E-state index is 0.0656. The minimum atomic E-state index is -0.486. The summed E-state index contributed by atoms with van der Waals surface area (Å²) in [7, 11) is 0. The first kappa shape index (κ1) is 12.3. The molecule has 0 aliphatic heterocycles. The molecule has 20 heavy (non-hydrogen) atoms. The summed E-state index contributed by atoms with van der Waals surface area (Å²) in [6.45, 7) is 0.265. The maximum Gasteiger partial charge on any atom is 0.274 e. The summed E-state index contributed by atoms with van der Waals surface area (Å²) < 4.78 is 15.2. The molecule has 0 unspecified atom stereocenters. The fourth-order valence-corrected chi connectivity index (χ4v) is 2.32. The lowest BCUT2D eigenvalue weighted by molar-refractivity contribution is -0.385. The molecule has 0 spiro atoms. The molecular formula is C15H11FN2O2. The third-order valence-electron chi connectivity index (χ3n) is 3.26. The first-order chi connectivity index (χ1) is 9.65. The molecule has 1 heterocycles. The Hall–Kier alpha value is -2.69. The molecule has 3 rings (SSSR count). The monoisotopic (exact) mass is 270 g/mol. The fraction of sp³-hybridized carbons (Fsp3) is 0.0667. The van der Waals surface area contributed by atoms with Crippen molar-refractivity contribution in [1.29, 1.82) is 0 Å². The van der Waals surface area contributed by atoms with Crippen molar-refractivity contribution < 1.29 is 9.31 Å². The Kier molecular flexibility index (Phi) is 2.95. The molecule has 100 valence electrons. The highest BCUT2D eigenvalue weighted by Gasteiger charge is 2.15. The summed E-state index contributed by atoms with van der Waals surface area (Å²) in [5.41, 5.74) is 1.26. The average molecular weight is 270 g/mol. The van der Waals surface area contributed by atoms with Gasteiger partial charge in [0, 0.05) is 17.8 Å². The predicted octanol–water partition coefficient (Wildman–Crippen LogP) is 3.74. The van der Waals surface area contributed by atoms with Crippen molar-refractivity contribution in [2.45, 2.75) is 6.54 Å². The highest BCUT2D eigenvalue weighted by Crippen LogP contribution is 2.23. The molecule has 0 bridgehead atoms. The van der Waals surface area contributed by atoms with Crippen LogP contribution in [0.4, 0.5) is 10.1 Å². The smallest absolute Gasteiger partial charge is 0.274 e. The van der Waals surface area contributed by atoms with E-state index < -0.39 is 10.7 Å². The Morgan fingerprint density at radius 1 is 1.15 bits per heavy atom. The number of benzene rings is 2. The molecular weight excluding hydrogens is 259 g/mol. The molecule has 1 aromatic heterocycles. The molecule has 0 aliphatic rings. The van der Waals surface area contributed by atoms with Crippen LogP contribution >= 0.6 is 0 Å². The van der Waals surface area contributed by atoms with Gasteiger partial charge in [0.1, 0.15) is 5.82 Å². The molecule has 0 amide bonds. The topological polar surface area (TPSA) is 48.1 Å². The quantitative estimate of drug-likeness (QED) is 0.537. The number of nitro groups is 1. The van der Waals surface area contributed by atoms with Crippen molar-refractivity contribution >= 4 is 16.6 Å². The lowest BCUT2D eigenvalue weighted by Crippen LogP contribution is -2.02. The number of fused-ring (bicyclic) bond motifs is 1. The second-order valence-corrected chi connectivity index (χ2v) is 4.53. The number of nitrogens with zero attached hydrogens (tertiary/aromatic N) is 2. The number of halogens is 1. The van der Waals surface area contributed by atoms with Gasteiger partial charge in [-0.2, -0.15) is 0 Å². The van der Waals surface area contributed by atoms with Crippen molar-refractivity contribution in [3.8, 4) is 0 Å². The Morgan fingerprint density at radius 3 is 2.75 bits per heavy atom. The second-order valence-electron chi connectivity index (χ2n) is 4.53. The third kappa shape index (κ3) is 2.14. The van der Waals surface area contributed by atoms with E-state index in [1.54, 1.807) is 0 Å². The predicted molar refractivity (Wildman–Crippen MR) is 74.1 cm³/mol. The zero-order valence-corrected chi connectivity index (χ0v) is 10.5. The highest BCUT2D eigenvalue weighted by atomic mass is 19.1. The van der Waals surface area contributed by atoms with E-state index in [1.165, 1.54) is 12.1 Å². The third-order valence-corrected chi connectivity index (χ3v) is 3.26. The standard InChI is InChI=1S/C15H11FN2O2/c16-13-5-6-15(18(19)20)12(9-13)10-17-8-7-11-3-1-2-4-14(11)17/h1-9H,10H2. The lowest BCUT2D eigenvalue weighted by Gasteiger charge is -2.06. The Morgan fingerprint density at radius 2 is 1.95 bits per heavy atom. The van der Waals surface area contributed by atoms with Gasteiger partial charge in [-0.25, -0.2) is 4.39 Å². The van der Waals surface area contributed by atoms with Gasteiger partial charge in [0.05, 0.1) is 17.0 Å². The van der Waals surface area contributed by atoms with Crippen molar-refractivity contribution in [3.05, 3.63) is 76.2 Å². The zero-order valence-electron chi connectivity index (χ0n) is 10.5. The van der Waals surface area contributed by atoms with Crippen LogP contribution in [-0.2, 0) is 6.54 Å². The second kappa shape index (κ2) is 4.77. The molecule has 3 aromatic rings. The number of aromatic nitrogens is 1. The van der Waals surface area contributed by atoms with Crippen LogP contribution in [0.25, 0.3) is 10.9 Å². The van der Waals surface area contributed by atoms with E-state index in [0.717, 1.165) is 17.0 Å². The van der Waals surface area contributed by atoms with Gasteiger partial charge in [0.25, 0.3) is 5.69 Å². The van der Waals surface area contributed by atoms with E-state index in [4.69, 9.17) is 0 Å². The summed E-state index contributed by atoms with van der Waals surface area (Å²) in [5.74, 6) is -0.470. The van der Waals surface area contributed by atoms with Gasteiger partial charge in [0.15, 0.2) is 0 Å². The largest absolute Gasteiger partial charge is 0.343 e. The van der Waals surface area contributed by atoms with Crippen molar-refractivity contribution in [2.75, 3.05) is 0 Å². The number of nitro benzene ring substituents is 1. The molecule has 0 radical (unpaired) electrons. The van der Waals surface area contributed by atoms with Crippen LogP contribution in [0.1, 0.15) is 5.56 Å². The van der Waals surface area contributed by atoms with E-state index in [-0.39, 0.29) is 12.2 Å². The Balaban J connectivity index is 2.07. The SMILES string of the molecule is O=[N+]([O-])c1ccc(F)cc1Cn1ccc2ccccc21. The van der Waals surface area contributed by atoms with Gasteiger partial charge in [-0.15, -0.1) is 0 Å². The van der Waals surface area contributed by atoms with Gasteiger partial charge in [-0.3, -0.25) is 10.1 Å². The number of hydrogen-bond donors (Lipinski definition) is 0. The van der Waals surface area contributed by atoms with E-state index >= 15 is 0 Å². The van der Waals surface area contributed by atoms with Crippen molar-refractivity contribution in [2.24, 2.45) is 0 Å². The number of hydrogen-bond acceptors (Lipinski definition) is 2. The molecule has 0 aliphatic carbocycles. The number of rotatable bonds is 3. The molecule has 0 saturated carbocycles. The maximum atomic E-state index is 13.3. The minimum Gasteiger partial charge on any atom is -0.343 e. The Bertz CT molecular complexity index is 795. The Labute approximate surface area is 114 Å². The summed E-state index contributed by atoms with van der Waals surface area (Å²) in [6, 6.07) is 13.2. The zero-order chi connectivity index (χ0) is 14.1. The van der Waals surface area contributed by atoms with Crippen LogP contribution in [0.5, 0.6) is 0 Å². The summed E-state index contributed by atoms with van der Waals surface area (Å²) >= 11 is 0. The molecule has 4 nitrogen and oxygen atoms in total. The van der Waals surface area contributed by atoms with Gasteiger partial charge in [-0.05, 0) is 29.7 Å². The summed E-state index contributed by atoms with van der Waals surface area (Å²) in [5, 5.41) is 12.0. The van der Waals surface area contributed by atoms with Gasteiger partial charge >= 0.3 is 0 Å². The molecule has 0 N–H and O–H groups in total. The molecule has 5 heteroatoms. The molecule has 0 fully saturated rings. The number of para-hydroxylation sites is 1. The van der Waals surface area contributed by atoms with Gasteiger partial charge in [-0.1, -0.05) is 18.2 Å². The van der Waals surface area contributed by atoms with Crippen LogP contribution in [0.15, 0.2) is 54.7 Å². The van der Waals surface area contributed by atoms with Crippen molar-refractivity contribution in [3.63, 3.8) is 0 Å². The van der Waals surface area contributed by atoms with Crippen LogP contribution in [0, 0.1) is 15.9 Å². The normalized spacial score (nSPS) is 10.8. The molecule has 2 aromatic carbocycles. The molecule has 0 atom stereocenters. The van der Waals surface area contributed by atoms with E-state index in [1.807, 2.05) is 41.1 Å². The van der Waals surface area contributed by atoms with Crippen LogP contribution < -0.4 is 0 Å². The van der Waals surface area contributed by atoms with Crippen LogP contribution in [0.2, 0.25) is 0 Å². The fourth-order valence-electron chi connectivity index (χ4n) is 2.32. The first-order valence-electron chi connectivity index (χ1n) is 6.12. The average Bonchev–Trinajstić information content (AvgIpc) is 2.82. The first-order valence-corrected chi connectivity index (χ1v) is 6.12. The van der Waals surface area contributed by atoms with Crippen LogP contribution in [0.3, 0.4) is 0 Å². The van der Waals surface area contributed by atoms with Crippen LogP contribution in [-0.4, -0.2) is 9.49 Å². The summed E-state index contributed by atoms with van der Waals surface area (Å²) in [4.78, 5) is 10.5. The van der Waals surface area contributed by atoms with E-state index in [9.17, 15) is 14.5 Å². The van der Waals surface area contributed by atoms with E-state index in [0.29, 0.717) is 5.56 Å². The van der Waals surface area contributed by atoms with E-state index in [2.05, 4.69) is 0 Å². The van der Waals surface area contributed by atoms with Gasteiger partial charge < -0.3 is 4.57 Å². The highest BCUT2D eigenvalue weighted by molar-refractivity contribution is 5.80. The lowest BCUT2D eigenvalue weighted by atomic mass is 10.1. The molecule has 0 saturated heterocycles. The maximum absolute atomic E-state index is 13.3. The van der Waals surface area contributed by atoms with Crippen molar-refractivity contribution in [1.82, 2.24) is 4.57 Å². The van der Waals surface area contributed by atoms with Gasteiger partial charge in [0.2, 0.25) is 0 Å².